The lowest BCUT2D eigenvalue weighted by Crippen LogP contribution is -2.47. The van der Waals surface area contributed by atoms with E-state index in [4.69, 9.17) is 4.74 Å². The van der Waals surface area contributed by atoms with Gasteiger partial charge in [0.1, 0.15) is 26.7 Å². The van der Waals surface area contributed by atoms with Crippen LogP contribution < -0.4 is 20.9 Å². The molecule has 3 aromatic heterocycles. The Labute approximate surface area is 229 Å². The van der Waals surface area contributed by atoms with E-state index in [1.807, 2.05) is 61.5 Å². The molecule has 0 spiro atoms. The number of H-pyrrole nitrogens is 1. The molecule has 1 saturated carbocycles. The molecule has 198 valence electrons. The highest BCUT2D eigenvalue weighted by atomic mass is 32.1. The molecule has 1 fully saturated rings. The lowest BCUT2D eigenvalue weighted by molar-refractivity contribution is -0.119. The van der Waals surface area contributed by atoms with E-state index < -0.39 is 0 Å². The Kier molecular flexibility index (Phi) is 6.44. The minimum Gasteiger partial charge on any atom is -0.457 e. The van der Waals surface area contributed by atoms with Crippen LogP contribution in [-0.4, -0.2) is 38.4 Å². The zero-order chi connectivity index (χ0) is 27.1. The number of thiophene rings is 1. The van der Waals surface area contributed by atoms with Gasteiger partial charge in [-0.25, -0.2) is 4.98 Å². The first-order valence-corrected chi connectivity index (χ1v) is 13.8. The average molecular weight is 540 g/mol. The SMILES string of the molecule is C=c1[nH]c2c(C(=O)NC3CCCC3NC(C)=O)sc3nccc(c32)n1-c1ccc(Oc2ccccc2)cc1C. The quantitative estimate of drug-likeness (QED) is 0.278. The Morgan fingerprint density at radius 2 is 1.85 bits per heavy atom. The second-order valence-corrected chi connectivity index (χ2v) is 10.9. The molecule has 5 aromatic rings. The highest BCUT2D eigenvalue weighted by Gasteiger charge is 2.31. The summed E-state index contributed by atoms with van der Waals surface area (Å²) >= 11 is 1.36. The average Bonchev–Trinajstić information content (AvgIpc) is 3.50. The van der Waals surface area contributed by atoms with Crippen molar-refractivity contribution in [1.82, 2.24) is 25.2 Å². The molecule has 2 aromatic carbocycles. The Hall–Kier alpha value is -4.37. The van der Waals surface area contributed by atoms with Crippen LogP contribution in [0.15, 0.2) is 60.8 Å². The van der Waals surface area contributed by atoms with Gasteiger partial charge in [0.05, 0.1) is 22.1 Å². The molecule has 3 heterocycles. The first kappa shape index (κ1) is 24.9. The monoisotopic (exact) mass is 539 g/mol. The first-order valence-electron chi connectivity index (χ1n) is 13.0. The lowest BCUT2D eigenvalue weighted by atomic mass is 10.1. The van der Waals surface area contributed by atoms with Gasteiger partial charge in [-0.05, 0) is 68.1 Å². The van der Waals surface area contributed by atoms with E-state index in [2.05, 4.69) is 31.7 Å². The Balaban J connectivity index is 1.37. The number of hydrogen-bond acceptors (Lipinski definition) is 5. The van der Waals surface area contributed by atoms with Crippen molar-refractivity contribution < 1.29 is 14.3 Å². The van der Waals surface area contributed by atoms with Crippen LogP contribution in [0, 0.1) is 6.92 Å². The summed E-state index contributed by atoms with van der Waals surface area (Å²) < 4.78 is 8.08. The predicted octanol–water partition coefficient (Wildman–Crippen LogP) is 5.15. The molecule has 2 unspecified atom stereocenters. The molecule has 2 atom stereocenters. The molecule has 39 heavy (non-hydrogen) atoms. The van der Waals surface area contributed by atoms with Crippen LogP contribution in [0.5, 0.6) is 11.5 Å². The summed E-state index contributed by atoms with van der Waals surface area (Å²) in [6.45, 7) is 7.85. The number of nitrogens with zero attached hydrogens (tertiary/aromatic N) is 2. The van der Waals surface area contributed by atoms with E-state index in [1.165, 1.54) is 18.3 Å². The van der Waals surface area contributed by atoms with Gasteiger partial charge in [0, 0.05) is 25.2 Å². The molecule has 8 nitrogen and oxygen atoms in total. The number of amides is 2. The summed E-state index contributed by atoms with van der Waals surface area (Å²) in [7, 11) is 0. The molecule has 9 heteroatoms. The third-order valence-corrected chi connectivity index (χ3v) is 8.26. The van der Waals surface area contributed by atoms with E-state index >= 15 is 0 Å². The van der Waals surface area contributed by atoms with E-state index in [0.717, 1.165) is 57.7 Å². The smallest absolute Gasteiger partial charge is 0.263 e. The zero-order valence-corrected chi connectivity index (χ0v) is 22.6. The third-order valence-electron chi connectivity index (χ3n) is 7.17. The van der Waals surface area contributed by atoms with Gasteiger partial charge in [0.2, 0.25) is 5.91 Å². The van der Waals surface area contributed by atoms with Crippen molar-refractivity contribution in [2.75, 3.05) is 0 Å². The number of aryl methyl sites for hydroxylation is 1. The van der Waals surface area contributed by atoms with Gasteiger partial charge in [0.15, 0.2) is 0 Å². The maximum Gasteiger partial charge on any atom is 0.263 e. The van der Waals surface area contributed by atoms with Crippen molar-refractivity contribution in [2.24, 2.45) is 0 Å². The number of ether oxygens (including phenoxy) is 1. The van der Waals surface area contributed by atoms with Crippen molar-refractivity contribution in [3.8, 4) is 17.2 Å². The van der Waals surface area contributed by atoms with E-state index in [0.29, 0.717) is 15.9 Å². The number of aromatic amines is 1. The van der Waals surface area contributed by atoms with Gasteiger partial charge in [-0.3, -0.25) is 14.2 Å². The largest absolute Gasteiger partial charge is 0.457 e. The number of carbonyl (C=O) groups is 2. The molecule has 0 aliphatic heterocycles. The number of nitrogens with one attached hydrogen (secondary N) is 3. The molecular weight excluding hydrogens is 510 g/mol. The molecule has 0 bridgehead atoms. The van der Waals surface area contributed by atoms with Gasteiger partial charge in [-0.2, -0.15) is 0 Å². The van der Waals surface area contributed by atoms with Gasteiger partial charge < -0.3 is 20.4 Å². The molecule has 2 amide bonds. The van der Waals surface area contributed by atoms with Crippen LogP contribution >= 0.6 is 11.3 Å². The number of benzene rings is 2. The van der Waals surface area contributed by atoms with Crippen LogP contribution in [0.3, 0.4) is 0 Å². The standard InChI is InChI=1S/C30H29N5O3S/c1-17-16-21(38-20-8-5-4-6-9-20)12-13-24(17)35-18(2)32-27-26-25(35)14-15-31-30(26)39-28(27)29(37)34-23-11-7-10-22(23)33-19(3)36/h4-6,8-9,12-16,22-23,32H,2,7,10-11H2,1,3H3,(H,33,36)(H,34,37). The number of rotatable bonds is 6. The second kappa shape index (κ2) is 10.1. The predicted molar refractivity (Wildman–Crippen MR) is 154 cm³/mol. The summed E-state index contributed by atoms with van der Waals surface area (Å²) in [4.78, 5) is 34.4. The fraction of sp³-hybridized carbons (Fsp3) is 0.233. The third kappa shape index (κ3) is 4.70. The number of hydrogen-bond donors (Lipinski definition) is 3. The number of carbonyl (C=O) groups excluding carboxylic acids is 2. The topological polar surface area (TPSA) is 101 Å². The van der Waals surface area contributed by atoms with Gasteiger partial charge >= 0.3 is 0 Å². The number of pyridine rings is 1. The fourth-order valence-corrected chi connectivity index (χ4v) is 6.48. The maximum atomic E-state index is 13.5. The molecule has 1 aliphatic rings. The Bertz CT molecular complexity index is 1770. The number of para-hydroxylation sites is 1. The second-order valence-electron chi connectivity index (χ2n) is 9.90. The van der Waals surface area contributed by atoms with Crippen LogP contribution in [-0.2, 0) is 4.79 Å². The number of aromatic nitrogens is 3. The van der Waals surface area contributed by atoms with Crippen LogP contribution in [0.1, 0.15) is 41.4 Å². The molecular formula is C30H29N5O3S. The van der Waals surface area contributed by atoms with Crippen LogP contribution in [0.4, 0.5) is 0 Å². The van der Waals surface area contributed by atoms with E-state index in [1.54, 1.807) is 6.20 Å². The Morgan fingerprint density at radius 1 is 1.08 bits per heavy atom. The van der Waals surface area contributed by atoms with Crippen molar-refractivity contribution in [3.63, 3.8) is 0 Å². The maximum absolute atomic E-state index is 13.5. The molecule has 6 rings (SSSR count). The van der Waals surface area contributed by atoms with E-state index in [9.17, 15) is 9.59 Å². The summed E-state index contributed by atoms with van der Waals surface area (Å²) in [5.41, 5.74) is 4.23. The highest BCUT2D eigenvalue weighted by molar-refractivity contribution is 7.21. The van der Waals surface area contributed by atoms with Crippen LogP contribution in [0.25, 0.3) is 33.5 Å². The lowest BCUT2D eigenvalue weighted by Gasteiger charge is -2.21. The highest BCUT2D eigenvalue weighted by Crippen LogP contribution is 2.35. The van der Waals surface area contributed by atoms with Crippen molar-refractivity contribution in [3.05, 3.63) is 76.7 Å². The van der Waals surface area contributed by atoms with Gasteiger partial charge in [-0.15, -0.1) is 11.3 Å². The summed E-state index contributed by atoms with van der Waals surface area (Å²) in [6, 6.07) is 17.4. The summed E-state index contributed by atoms with van der Waals surface area (Å²) in [6.07, 6.45) is 4.41. The minimum atomic E-state index is -0.173. The summed E-state index contributed by atoms with van der Waals surface area (Å²) in [5.74, 6) is 1.27. The van der Waals surface area contributed by atoms with Gasteiger partial charge in [0.25, 0.3) is 5.91 Å². The normalized spacial score (nSPS) is 17.0. The summed E-state index contributed by atoms with van der Waals surface area (Å²) in [5, 5.41) is 7.01. The minimum absolute atomic E-state index is 0.0545. The van der Waals surface area contributed by atoms with Gasteiger partial charge in [-0.1, -0.05) is 24.8 Å². The van der Waals surface area contributed by atoms with Crippen LogP contribution in [0.2, 0.25) is 0 Å². The molecule has 0 radical (unpaired) electrons. The van der Waals surface area contributed by atoms with E-state index in [-0.39, 0.29) is 23.9 Å². The fourth-order valence-electron chi connectivity index (χ4n) is 5.46. The molecule has 1 aliphatic carbocycles. The zero-order valence-electron chi connectivity index (χ0n) is 21.8. The van der Waals surface area contributed by atoms with Crippen molar-refractivity contribution in [2.45, 2.75) is 45.2 Å². The van der Waals surface area contributed by atoms with Crippen molar-refractivity contribution >= 4 is 51.0 Å². The van der Waals surface area contributed by atoms with Crippen molar-refractivity contribution in [1.29, 1.82) is 0 Å². The molecule has 0 saturated heterocycles. The first-order chi connectivity index (χ1) is 18.9. The Morgan fingerprint density at radius 3 is 2.59 bits per heavy atom. The molecule has 3 N–H and O–H groups in total.